The third-order valence-corrected chi connectivity index (χ3v) is 6.29. The van der Waals surface area contributed by atoms with Gasteiger partial charge in [0.2, 0.25) is 10.0 Å². The minimum atomic E-state index is -3.55. The van der Waals surface area contributed by atoms with Crippen molar-refractivity contribution in [2.45, 2.75) is 30.6 Å². The summed E-state index contributed by atoms with van der Waals surface area (Å²) in [7, 11) is -3.55. The smallest absolute Gasteiger partial charge is 0.303 e. The fourth-order valence-corrected chi connectivity index (χ4v) is 4.48. The van der Waals surface area contributed by atoms with Gasteiger partial charge >= 0.3 is 5.97 Å². The lowest BCUT2D eigenvalue weighted by Gasteiger charge is -2.11. The Labute approximate surface area is 158 Å². The first-order valence-electron chi connectivity index (χ1n) is 8.41. The molecule has 2 aromatic rings. The molecular formula is C19H20ClNO4S. The quantitative estimate of drug-likeness (QED) is 0.757. The van der Waals surface area contributed by atoms with Crippen molar-refractivity contribution in [3.63, 3.8) is 0 Å². The van der Waals surface area contributed by atoms with E-state index in [2.05, 4.69) is 4.72 Å². The van der Waals surface area contributed by atoms with Crippen LogP contribution in [0.25, 0.3) is 0 Å². The van der Waals surface area contributed by atoms with E-state index in [1.807, 2.05) is 18.2 Å². The Balaban J connectivity index is 1.60. The zero-order valence-electron chi connectivity index (χ0n) is 14.1. The standard InChI is InChI=1S/C19H20ClNO4S/c20-17-4-6-18(7-5-17)26(24,25)21-12-14-10-15-3-1-13(2-8-19(22)23)9-16(15)11-14/h1,3-7,9,14,21H,2,8,10-12H2,(H,22,23). The lowest BCUT2D eigenvalue weighted by molar-refractivity contribution is -0.136. The number of carbonyl (C=O) groups is 1. The summed E-state index contributed by atoms with van der Waals surface area (Å²) >= 11 is 5.80. The molecule has 0 saturated heterocycles. The maximum atomic E-state index is 12.4. The van der Waals surface area contributed by atoms with Crippen LogP contribution in [0.1, 0.15) is 23.1 Å². The lowest BCUT2D eigenvalue weighted by atomic mass is 10.0. The zero-order valence-corrected chi connectivity index (χ0v) is 15.7. The SMILES string of the molecule is O=C(O)CCc1ccc2c(c1)CC(CNS(=O)(=O)c1ccc(Cl)cc1)C2. The van der Waals surface area contributed by atoms with Gasteiger partial charge in [0.25, 0.3) is 0 Å². The molecule has 1 aliphatic rings. The first-order valence-corrected chi connectivity index (χ1v) is 10.3. The first kappa shape index (κ1) is 18.9. The van der Waals surface area contributed by atoms with Gasteiger partial charge in [-0.3, -0.25) is 4.79 Å². The molecule has 0 heterocycles. The third kappa shape index (κ3) is 4.63. The molecule has 0 aromatic heterocycles. The molecule has 2 aromatic carbocycles. The van der Waals surface area contributed by atoms with E-state index in [0.717, 1.165) is 18.4 Å². The molecule has 0 fully saturated rings. The van der Waals surface area contributed by atoms with Crippen LogP contribution in [-0.2, 0) is 34.1 Å². The van der Waals surface area contributed by atoms with Crippen molar-refractivity contribution in [2.24, 2.45) is 5.92 Å². The Hall–Kier alpha value is -1.89. The molecule has 0 spiro atoms. The maximum absolute atomic E-state index is 12.4. The fourth-order valence-electron chi connectivity index (χ4n) is 3.24. The molecule has 138 valence electrons. The minimum Gasteiger partial charge on any atom is -0.481 e. The predicted molar refractivity (Wildman–Crippen MR) is 99.9 cm³/mol. The molecule has 3 rings (SSSR count). The average molecular weight is 394 g/mol. The number of halogens is 1. The summed E-state index contributed by atoms with van der Waals surface area (Å²) in [6, 6.07) is 12.1. The van der Waals surface area contributed by atoms with Crippen LogP contribution in [0, 0.1) is 5.92 Å². The third-order valence-electron chi connectivity index (χ3n) is 4.60. The Morgan fingerprint density at radius 1 is 1.12 bits per heavy atom. The summed E-state index contributed by atoms with van der Waals surface area (Å²) in [5.74, 6) is -0.609. The van der Waals surface area contributed by atoms with Gasteiger partial charge in [0, 0.05) is 18.0 Å². The number of rotatable bonds is 7. The van der Waals surface area contributed by atoms with Gasteiger partial charge in [-0.15, -0.1) is 0 Å². The molecular weight excluding hydrogens is 374 g/mol. The van der Waals surface area contributed by atoms with E-state index >= 15 is 0 Å². The number of carboxylic acids is 1. The summed E-state index contributed by atoms with van der Waals surface area (Å²) in [5.41, 5.74) is 3.40. The van der Waals surface area contributed by atoms with Crippen LogP contribution >= 0.6 is 11.6 Å². The molecule has 5 nitrogen and oxygen atoms in total. The van der Waals surface area contributed by atoms with Gasteiger partial charge in [-0.05, 0) is 66.1 Å². The monoisotopic (exact) mass is 393 g/mol. The molecule has 1 aliphatic carbocycles. The van der Waals surface area contributed by atoms with Gasteiger partial charge < -0.3 is 5.11 Å². The van der Waals surface area contributed by atoms with Crippen molar-refractivity contribution >= 4 is 27.6 Å². The number of aliphatic carboxylic acids is 1. The molecule has 1 unspecified atom stereocenters. The summed E-state index contributed by atoms with van der Waals surface area (Å²) in [4.78, 5) is 10.9. The van der Waals surface area contributed by atoms with Gasteiger partial charge in [0.15, 0.2) is 0 Å². The van der Waals surface area contributed by atoms with E-state index < -0.39 is 16.0 Å². The molecule has 0 radical (unpaired) electrons. The molecule has 2 N–H and O–H groups in total. The number of benzene rings is 2. The van der Waals surface area contributed by atoms with Crippen molar-refractivity contribution in [1.29, 1.82) is 0 Å². The van der Waals surface area contributed by atoms with Crippen LogP contribution < -0.4 is 4.72 Å². The van der Waals surface area contributed by atoms with Gasteiger partial charge in [0.05, 0.1) is 4.90 Å². The van der Waals surface area contributed by atoms with Crippen molar-refractivity contribution in [1.82, 2.24) is 4.72 Å². The van der Waals surface area contributed by atoms with Crippen molar-refractivity contribution in [3.8, 4) is 0 Å². The highest BCUT2D eigenvalue weighted by atomic mass is 35.5. The first-order chi connectivity index (χ1) is 12.3. The molecule has 1 atom stereocenters. The Kier molecular flexibility index (Phi) is 5.65. The molecule has 0 aliphatic heterocycles. The minimum absolute atomic E-state index is 0.114. The van der Waals surface area contributed by atoms with E-state index in [0.29, 0.717) is 18.0 Å². The summed E-state index contributed by atoms with van der Waals surface area (Å²) in [6.45, 7) is 0.365. The summed E-state index contributed by atoms with van der Waals surface area (Å²) in [6.07, 6.45) is 2.23. The maximum Gasteiger partial charge on any atom is 0.303 e. The number of fused-ring (bicyclic) bond motifs is 1. The topological polar surface area (TPSA) is 83.5 Å². The van der Waals surface area contributed by atoms with E-state index in [1.165, 1.54) is 23.3 Å². The molecule has 7 heteroatoms. The van der Waals surface area contributed by atoms with Gasteiger partial charge in [0.1, 0.15) is 0 Å². The van der Waals surface area contributed by atoms with Crippen LogP contribution in [0.5, 0.6) is 0 Å². The largest absolute Gasteiger partial charge is 0.481 e. The predicted octanol–water partition coefficient (Wildman–Crippen LogP) is 3.05. The number of carboxylic acid groups (broad SMARTS) is 1. The Bertz CT molecular complexity index is 910. The van der Waals surface area contributed by atoms with E-state index in [-0.39, 0.29) is 17.2 Å². The van der Waals surface area contributed by atoms with Crippen LogP contribution in [0.4, 0.5) is 0 Å². The summed E-state index contributed by atoms with van der Waals surface area (Å²) < 4.78 is 27.4. The van der Waals surface area contributed by atoms with Gasteiger partial charge in [-0.2, -0.15) is 0 Å². The number of hydrogen-bond donors (Lipinski definition) is 2. The van der Waals surface area contributed by atoms with Gasteiger partial charge in [-0.1, -0.05) is 29.8 Å². The highest BCUT2D eigenvalue weighted by Crippen LogP contribution is 2.28. The Morgan fingerprint density at radius 2 is 1.81 bits per heavy atom. The lowest BCUT2D eigenvalue weighted by Crippen LogP contribution is -2.29. The highest BCUT2D eigenvalue weighted by molar-refractivity contribution is 7.89. The number of hydrogen-bond acceptors (Lipinski definition) is 3. The molecule has 0 saturated carbocycles. The molecule has 26 heavy (non-hydrogen) atoms. The Morgan fingerprint density at radius 3 is 2.50 bits per heavy atom. The van der Waals surface area contributed by atoms with E-state index in [4.69, 9.17) is 16.7 Å². The van der Waals surface area contributed by atoms with Crippen molar-refractivity contribution in [2.75, 3.05) is 6.54 Å². The van der Waals surface area contributed by atoms with Crippen molar-refractivity contribution in [3.05, 3.63) is 64.2 Å². The second-order valence-corrected chi connectivity index (χ2v) is 8.78. The second-order valence-electron chi connectivity index (χ2n) is 6.58. The van der Waals surface area contributed by atoms with Crippen LogP contribution in [0.15, 0.2) is 47.4 Å². The number of sulfonamides is 1. The van der Waals surface area contributed by atoms with Gasteiger partial charge in [-0.25, -0.2) is 13.1 Å². The molecule has 0 bridgehead atoms. The second kappa shape index (κ2) is 7.78. The van der Waals surface area contributed by atoms with Crippen LogP contribution in [-0.4, -0.2) is 26.0 Å². The van der Waals surface area contributed by atoms with E-state index in [1.54, 1.807) is 12.1 Å². The van der Waals surface area contributed by atoms with Crippen molar-refractivity contribution < 1.29 is 18.3 Å². The number of aryl methyl sites for hydroxylation is 1. The van der Waals surface area contributed by atoms with E-state index in [9.17, 15) is 13.2 Å². The fraction of sp³-hybridized carbons (Fsp3) is 0.316. The molecule has 0 amide bonds. The van der Waals surface area contributed by atoms with Crippen LogP contribution in [0.3, 0.4) is 0 Å². The normalized spacial score (nSPS) is 16.4. The number of nitrogens with one attached hydrogen (secondary N) is 1. The average Bonchev–Trinajstić information content (AvgIpc) is 3.01. The zero-order chi connectivity index (χ0) is 18.7. The summed E-state index contributed by atoms with van der Waals surface area (Å²) in [5, 5.41) is 9.29. The highest BCUT2D eigenvalue weighted by Gasteiger charge is 2.24. The van der Waals surface area contributed by atoms with Crippen LogP contribution in [0.2, 0.25) is 5.02 Å².